The highest BCUT2D eigenvalue weighted by Gasteiger charge is 2.22. The molecule has 1 saturated heterocycles. The number of aromatic nitrogens is 1. The van der Waals surface area contributed by atoms with E-state index in [0.717, 1.165) is 5.69 Å². The third-order valence-electron chi connectivity index (χ3n) is 5.22. The van der Waals surface area contributed by atoms with Crippen LogP contribution in [0.2, 0.25) is 0 Å². The molecule has 0 bridgehead atoms. The van der Waals surface area contributed by atoms with Gasteiger partial charge in [-0.2, -0.15) is 0 Å². The van der Waals surface area contributed by atoms with Crippen LogP contribution in [0, 0.1) is 5.82 Å². The van der Waals surface area contributed by atoms with Crippen molar-refractivity contribution >= 4 is 39.8 Å². The fourth-order valence-corrected chi connectivity index (χ4v) is 4.30. The number of hydrogen-bond donors (Lipinski definition) is 2. The smallest absolute Gasteiger partial charge is 0.325 e. The van der Waals surface area contributed by atoms with Crippen molar-refractivity contribution in [2.75, 3.05) is 41.7 Å². The molecular weight excluding hydrogens is 429 g/mol. The Morgan fingerprint density at radius 2 is 1.69 bits per heavy atom. The minimum Gasteiger partial charge on any atom is -0.366 e. The number of piperazine rings is 1. The van der Waals surface area contributed by atoms with Gasteiger partial charge < -0.3 is 15.1 Å². The number of urea groups is 1. The van der Waals surface area contributed by atoms with Gasteiger partial charge in [0.1, 0.15) is 5.82 Å². The number of rotatable bonds is 6. The standard InChI is InChI=1S/C23H24FN5O2S/c24-19-8-4-5-9-20(19)28-12-14-29(15-13-28)21(30)11-10-18-16-32-23(26-18)27-22(31)25-17-6-2-1-3-7-17/h1-9,16H,10-15H2,(H2,25,26,27,31). The number of nitrogens with zero attached hydrogens (tertiary/aromatic N) is 3. The van der Waals surface area contributed by atoms with E-state index in [-0.39, 0.29) is 17.8 Å². The van der Waals surface area contributed by atoms with E-state index in [1.54, 1.807) is 24.3 Å². The molecule has 1 aliphatic rings. The normalized spacial score (nSPS) is 13.7. The zero-order valence-electron chi connectivity index (χ0n) is 17.5. The third-order valence-corrected chi connectivity index (χ3v) is 6.03. The Bertz CT molecular complexity index is 1070. The van der Waals surface area contributed by atoms with Crippen LogP contribution < -0.4 is 15.5 Å². The minimum atomic E-state index is -0.360. The van der Waals surface area contributed by atoms with Gasteiger partial charge in [0.05, 0.1) is 11.4 Å². The quantitative estimate of drug-likeness (QED) is 0.586. The summed E-state index contributed by atoms with van der Waals surface area (Å²) < 4.78 is 14.0. The van der Waals surface area contributed by atoms with E-state index in [9.17, 15) is 14.0 Å². The van der Waals surface area contributed by atoms with Crippen LogP contribution in [0.1, 0.15) is 12.1 Å². The van der Waals surface area contributed by atoms with Crippen LogP contribution in [-0.4, -0.2) is 48.0 Å². The van der Waals surface area contributed by atoms with Gasteiger partial charge in [-0.3, -0.25) is 10.1 Å². The van der Waals surface area contributed by atoms with E-state index in [1.165, 1.54) is 17.4 Å². The van der Waals surface area contributed by atoms with Crippen LogP contribution in [0.15, 0.2) is 60.0 Å². The summed E-state index contributed by atoms with van der Waals surface area (Å²) in [6.45, 7) is 2.34. The van der Waals surface area contributed by atoms with E-state index in [1.807, 2.05) is 39.4 Å². The number of nitrogens with one attached hydrogen (secondary N) is 2. The molecule has 3 amide bonds. The van der Waals surface area contributed by atoms with Crippen molar-refractivity contribution in [3.63, 3.8) is 0 Å². The molecule has 2 heterocycles. The van der Waals surface area contributed by atoms with Crippen LogP contribution in [0.3, 0.4) is 0 Å². The Kier molecular flexibility index (Phi) is 6.96. The monoisotopic (exact) mass is 453 g/mol. The molecule has 0 aliphatic carbocycles. The maximum absolute atomic E-state index is 14.0. The Morgan fingerprint density at radius 1 is 0.969 bits per heavy atom. The van der Waals surface area contributed by atoms with Crippen LogP contribution in [0.4, 0.5) is 25.7 Å². The van der Waals surface area contributed by atoms with Crippen molar-refractivity contribution < 1.29 is 14.0 Å². The number of para-hydroxylation sites is 2. The van der Waals surface area contributed by atoms with Crippen LogP contribution in [0.5, 0.6) is 0 Å². The lowest BCUT2D eigenvalue weighted by Gasteiger charge is -2.36. The number of carbonyl (C=O) groups is 2. The molecule has 2 N–H and O–H groups in total. The second-order valence-electron chi connectivity index (χ2n) is 7.41. The van der Waals surface area contributed by atoms with E-state index in [2.05, 4.69) is 15.6 Å². The summed E-state index contributed by atoms with van der Waals surface area (Å²) in [5, 5.41) is 7.79. The Hall–Kier alpha value is -3.46. The van der Waals surface area contributed by atoms with Crippen molar-refractivity contribution in [2.24, 2.45) is 0 Å². The number of halogens is 1. The number of amides is 3. The average Bonchev–Trinajstić information content (AvgIpc) is 3.25. The summed E-state index contributed by atoms with van der Waals surface area (Å²) in [6.07, 6.45) is 0.851. The number of carbonyl (C=O) groups excluding carboxylic acids is 2. The van der Waals surface area contributed by atoms with Gasteiger partial charge in [-0.15, -0.1) is 11.3 Å². The van der Waals surface area contributed by atoms with E-state index >= 15 is 0 Å². The molecule has 0 spiro atoms. The van der Waals surface area contributed by atoms with Crippen LogP contribution >= 0.6 is 11.3 Å². The zero-order valence-corrected chi connectivity index (χ0v) is 18.3. The van der Waals surface area contributed by atoms with E-state index < -0.39 is 0 Å². The highest BCUT2D eigenvalue weighted by molar-refractivity contribution is 7.13. The van der Waals surface area contributed by atoms with Crippen LogP contribution in [0.25, 0.3) is 0 Å². The molecule has 2 aromatic carbocycles. The molecule has 0 unspecified atom stereocenters. The third kappa shape index (κ3) is 5.61. The van der Waals surface area contributed by atoms with Crippen LogP contribution in [-0.2, 0) is 11.2 Å². The molecule has 1 aromatic heterocycles. The number of aryl methyl sites for hydroxylation is 1. The zero-order chi connectivity index (χ0) is 22.3. The van der Waals surface area contributed by atoms with Crippen molar-refractivity contribution in [2.45, 2.75) is 12.8 Å². The summed E-state index contributed by atoms with van der Waals surface area (Å²) in [4.78, 5) is 32.9. The summed E-state index contributed by atoms with van der Waals surface area (Å²) >= 11 is 1.32. The predicted molar refractivity (Wildman–Crippen MR) is 125 cm³/mol. The Morgan fingerprint density at radius 3 is 2.44 bits per heavy atom. The van der Waals surface area contributed by atoms with E-state index in [4.69, 9.17) is 0 Å². The maximum Gasteiger partial charge on any atom is 0.325 e. The van der Waals surface area contributed by atoms with Gasteiger partial charge in [-0.05, 0) is 30.7 Å². The fourth-order valence-electron chi connectivity index (χ4n) is 3.56. The topological polar surface area (TPSA) is 77.6 Å². The molecule has 0 saturated carbocycles. The summed E-state index contributed by atoms with van der Waals surface area (Å²) in [5.41, 5.74) is 2.05. The van der Waals surface area contributed by atoms with Crippen molar-refractivity contribution in [1.29, 1.82) is 0 Å². The summed E-state index contributed by atoms with van der Waals surface area (Å²) in [7, 11) is 0. The number of hydrogen-bond acceptors (Lipinski definition) is 5. The lowest BCUT2D eigenvalue weighted by molar-refractivity contribution is -0.131. The van der Waals surface area contributed by atoms with E-state index in [0.29, 0.717) is 55.5 Å². The second-order valence-corrected chi connectivity index (χ2v) is 8.27. The predicted octanol–water partition coefficient (Wildman–Crippen LogP) is 4.21. The molecule has 1 fully saturated rings. The summed E-state index contributed by atoms with van der Waals surface area (Å²) in [5.74, 6) is -0.180. The average molecular weight is 454 g/mol. The molecule has 4 rings (SSSR count). The molecule has 1 aliphatic heterocycles. The molecule has 32 heavy (non-hydrogen) atoms. The molecule has 0 atom stereocenters. The van der Waals surface area contributed by atoms with Gasteiger partial charge >= 0.3 is 6.03 Å². The molecule has 7 nitrogen and oxygen atoms in total. The molecule has 3 aromatic rings. The van der Waals surface area contributed by atoms with Gasteiger partial charge in [0.25, 0.3) is 0 Å². The first kappa shape index (κ1) is 21.8. The lowest BCUT2D eigenvalue weighted by atomic mass is 10.2. The first-order chi connectivity index (χ1) is 15.6. The first-order valence-corrected chi connectivity index (χ1v) is 11.3. The molecule has 9 heteroatoms. The van der Waals surface area contributed by atoms with Crippen molar-refractivity contribution in [1.82, 2.24) is 9.88 Å². The largest absolute Gasteiger partial charge is 0.366 e. The second kappa shape index (κ2) is 10.2. The van der Waals surface area contributed by atoms with Gasteiger partial charge in [0, 0.05) is 43.7 Å². The highest BCUT2D eigenvalue weighted by atomic mass is 32.1. The molecular formula is C23H24FN5O2S. The van der Waals surface area contributed by atoms with Gasteiger partial charge in [0.2, 0.25) is 5.91 Å². The summed E-state index contributed by atoms with van der Waals surface area (Å²) in [6, 6.07) is 15.5. The van der Waals surface area contributed by atoms with Gasteiger partial charge in [-0.25, -0.2) is 14.2 Å². The minimum absolute atomic E-state index is 0.0579. The van der Waals surface area contributed by atoms with Gasteiger partial charge in [-0.1, -0.05) is 30.3 Å². The van der Waals surface area contributed by atoms with Crippen molar-refractivity contribution in [3.8, 4) is 0 Å². The number of benzene rings is 2. The number of anilines is 3. The first-order valence-electron chi connectivity index (χ1n) is 10.4. The molecule has 0 radical (unpaired) electrons. The van der Waals surface area contributed by atoms with Gasteiger partial charge in [0.15, 0.2) is 5.13 Å². The molecule has 166 valence electrons. The Labute approximate surface area is 189 Å². The maximum atomic E-state index is 14.0. The number of thiazole rings is 1. The highest BCUT2D eigenvalue weighted by Crippen LogP contribution is 2.21. The lowest BCUT2D eigenvalue weighted by Crippen LogP contribution is -2.49. The Balaban J connectivity index is 1.21. The fraction of sp³-hybridized carbons (Fsp3) is 0.261. The SMILES string of the molecule is O=C(Nc1ccccc1)Nc1nc(CCC(=O)N2CCN(c3ccccc3F)CC2)cs1. The van der Waals surface area contributed by atoms with Crippen molar-refractivity contribution in [3.05, 3.63) is 71.5 Å².